The van der Waals surface area contributed by atoms with Crippen LogP contribution in [-0.2, 0) is 24.1 Å². The summed E-state index contributed by atoms with van der Waals surface area (Å²) in [7, 11) is 1.94. The summed E-state index contributed by atoms with van der Waals surface area (Å²) < 4.78 is 53.7. The first kappa shape index (κ1) is 24.3. The van der Waals surface area contributed by atoms with E-state index in [1.54, 1.807) is 23.7 Å². The Morgan fingerprint density at radius 1 is 1.15 bits per heavy atom. The van der Waals surface area contributed by atoms with Crippen LogP contribution in [0.3, 0.4) is 0 Å². The van der Waals surface area contributed by atoms with Crippen molar-refractivity contribution >= 4 is 34.0 Å². The van der Waals surface area contributed by atoms with E-state index in [1.807, 2.05) is 22.5 Å². The van der Waals surface area contributed by atoms with Gasteiger partial charge in [0.05, 0.1) is 18.7 Å². The third-order valence-corrected chi connectivity index (χ3v) is 8.22. The SMILES string of the molecule is CC/C=C1/c2cc(CN3CCN([S+](C)[O-])CC3)sc2C(c2cccc(C(F)(F)F)c2)=CN1C. The lowest BCUT2D eigenvalue weighted by molar-refractivity contribution is -0.137. The van der Waals surface area contributed by atoms with E-state index >= 15 is 0 Å². The van der Waals surface area contributed by atoms with Crippen LogP contribution in [0, 0.1) is 0 Å². The second-order valence-corrected chi connectivity index (χ2v) is 10.8. The number of allylic oxidation sites excluding steroid dienone is 1. The van der Waals surface area contributed by atoms with Gasteiger partial charge >= 0.3 is 6.18 Å². The molecule has 1 unspecified atom stereocenters. The number of fused-ring (bicyclic) bond motifs is 1. The van der Waals surface area contributed by atoms with Crippen molar-refractivity contribution in [3.8, 4) is 0 Å². The lowest BCUT2D eigenvalue weighted by Gasteiger charge is -2.32. The van der Waals surface area contributed by atoms with Gasteiger partial charge in [-0.05, 0) is 30.2 Å². The molecule has 3 heterocycles. The first-order chi connectivity index (χ1) is 15.7. The van der Waals surface area contributed by atoms with E-state index in [2.05, 4.69) is 24.0 Å². The minimum Gasteiger partial charge on any atom is -0.598 e. The molecule has 9 heteroatoms. The van der Waals surface area contributed by atoms with E-state index in [4.69, 9.17) is 0 Å². The Balaban J connectivity index is 1.66. The molecular formula is C24H28F3N3OS2. The molecule has 1 saturated heterocycles. The Morgan fingerprint density at radius 2 is 1.88 bits per heavy atom. The molecule has 4 rings (SSSR count). The highest BCUT2D eigenvalue weighted by atomic mass is 32.2. The molecule has 0 bridgehead atoms. The zero-order valence-electron chi connectivity index (χ0n) is 19.0. The molecule has 0 saturated carbocycles. The van der Waals surface area contributed by atoms with Crippen molar-refractivity contribution in [2.24, 2.45) is 0 Å². The smallest absolute Gasteiger partial charge is 0.416 e. The van der Waals surface area contributed by atoms with Crippen molar-refractivity contribution in [2.75, 3.05) is 39.5 Å². The van der Waals surface area contributed by atoms with Crippen LogP contribution in [0.15, 0.2) is 42.6 Å². The van der Waals surface area contributed by atoms with E-state index in [1.165, 1.54) is 17.0 Å². The number of benzene rings is 1. The minimum atomic E-state index is -4.38. The summed E-state index contributed by atoms with van der Waals surface area (Å²) in [6.45, 7) is 6.09. The third kappa shape index (κ3) is 5.33. The second kappa shape index (κ2) is 9.84. The van der Waals surface area contributed by atoms with E-state index < -0.39 is 23.1 Å². The quantitative estimate of drug-likeness (QED) is 0.530. The van der Waals surface area contributed by atoms with Crippen molar-refractivity contribution in [3.05, 3.63) is 69.1 Å². The van der Waals surface area contributed by atoms with Gasteiger partial charge in [0, 0.05) is 70.8 Å². The van der Waals surface area contributed by atoms with Gasteiger partial charge in [0.2, 0.25) is 0 Å². The number of hydrogen-bond acceptors (Lipinski definition) is 5. The number of piperazine rings is 1. The molecule has 2 aliphatic heterocycles. The van der Waals surface area contributed by atoms with Gasteiger partial charge < -0.3 is 9.45 Å². The van der Waals surface area contributed by atoms with Gasteiger partial charge in [-0.1, -0.05) is 25.1 Å². The van der Waals surface area contributed by atoms with Crippen LogP contribution in [-0.4, -0.2) is 58.1 Å². The summed E-state index contributed by atoms with van der Waals surface area (Å²) in [6.07, 6.45) is 2.30. The molecule has 0 radical (unpaired) electrons. The van der Waals surface area contributed by atoms with Crippen LogP contribution < -0.4 is 0 Å². The predicted octanol–water partition coefficient (Wildman–Crippen LogP) is 5.26. The number of hydrogen-bond donors (Lipinski definition) is 0. The summed E-state index contributed by atoms with van der Waals surface area (Å²) in [6, 6.07) is 7.76. The number of rotatable bonds is 5. The number of nitrogens with zero attached hydrogens (tertiary/aromatic N) is 3. The molecule has 33 heavy (non-hydrogen) atoms. The standard InChI is InChI=1S/C24H28F3N3OS2/c1-4-6-22-20-14-19(15-29-9-11-30(12-10-29)33(3)31)32-23(20)21(16-28(22)2)17-7-5-8-18(13-17)24(25,26)27/h5-8,13-14,16H,4,9-12,15H2,1-3H3/b22-6-. The van der Waals surface area contributed by atoms with E-state index in [9.17, 15) is 17.7 Å². The molecule has 0 aliphatic carbocycles. The van der Waals surface area contributed by atoms with Crippen molar-refractivity contribution in [1.29, 1.82) is 0 Å². The monoisotopic (exact) mass is 495 g/mol. The molecule has 178 valence electrons. The Kier molecular flexibility index (Phi) is 7.26. The summed E-state index contributed by atoms with van der Waals surface area (Å²) in [5.74, 6) is 0. The molecule has 0 N–H and O–H groups in total. The van der Waals surface area contributed by atoms with Gasteiger partial charge in [-0.2, -0.15) is 13.2 Å². The predicted molar refractivity (Wildman–Crippen MR) is 130 cm³/mol. The first-order valence-corrected chi connectivity index (χ1v) is 13.3. The molecule has 1 atom stereocenters. The third-order valence-electron chi connectivity index (χ3n) is 5.98. The van der Waals surface area contributed by atoms with Gasteiger partial charge in [-0.3, -0.25) is 4.90 Å². The fraction of sp³-hybridized carbons (Fsp3) is 0.417. The lowest BCUT2D eigenvalue weighted by atomic mass is 9.95. The molecule has 4 nitrogen and oxygen atoms in total. The van der Waals surface area contributed by atoms with Gasteiger partial charge in [0.15, 0.2) is 0 Å². The normalized spacial score (nSPS) is 20.2. The zero-order chi connectivity index (χ0) is 23.8. The number of alkyl halides is 3. The number of thiophene rings is 1. The van der Waals surface area contributed by atoms with Gasteiger partial charge in [0.1, 0.15) is 6.26 Å². The summed E-state index contributed by atoms with van der Waals surface area (Å²) in [4.78, 5) is 6.55. The first-order valence-electron chi connectivity index (χ1n) is 10.9. The van der Waals surface area contributed by atoms with Crippen LogP contribution in [0.25, 0.3) is 11.3 Å². The lowest BCUT2D eigenvalue weighted by Crippen LogP contribution is -2.47. The van der Waals surface area contributed by atoms with Crippen LogP contribution in [0.1, 0.15) is 39.8 Å². The maximum absolute atomic E-state index is 13.3. The summed E-state index contributed by atoms with van der Waals surface area (Å²) in [5.41, 5.74) is 2.90. The molecule has 1 aromatic heterocycles. The Hall–Kier alpha value is -1.78. The van der Waals surface area contributed by atoms with Crippen molar-refractivity contribution in [3.63, 3.8) is 0 Å². The van der Waals surface area contributed by atoms with Crippen LogP contribution >= 0.6 is 11.3 Å². The van der Waals surface area contributed by atoms with E-state index in [-0.39, 0.29) is 0 Å². The molecular weight excluding hydrogens is 467 g/mol. The van der Waals surface area contributed by atoms with Crippen LogP contribution in [0.2, 0.25) is 0 Å². The molecule has 1 fully saturated rings. The molecule has 2 aliphatic rings. The van der Waals surface area contributed by atoms with E-state index in [0.29, 0.717) is 5.56 Å². The fourth-order valence-electron chi connectivity index (χ4n) is 4.30. The maximum atomic E-state index is 13.3. The van der Waals surface area contributed by atoms with Gasteiger partial charge in [0.25, 0.3) is 0 Å². The largest absolute Gasteiger partial charge is 0.598 e. The summed E-state index contributed by atoms with van der Waals surface area (Å²) >= 11 is 0.707. The maximum Gasteiger partial charge on any atom is 0.416 e. The average molecular weight is 496 g/mol. The van der Waals surface area contributed by atoms with Gasteiger partial charge in [-0.15, -0.1) is 15.6 Å². The minimum absolute atomic E-state index is 0.570. The van der Waals surface area contributed by atoms with Gasteiger partial charge in [-0.25, -0.2) is 0 Å². The number of halogens is 3. The Morgan fingerprint density at radius 3 is 2.52 bits per heavy atom. The highest BCUT2D eigenvalue weighted by Gasteiger charge is 2.32. The van der Waals surface area contributed by atoms with Crippen LogP contribution in [0.4, 0.5) is 13.2 Å². The van der Waals surface area contributed by atoms with Crippen LogP contribution in [0.5, 0.6) is 0 Å². The van der Waals surface area contributed by atoms with Crippen molar-refractivity contribution in [1.82, 2.24) is 14.1 Å². The fourth-order valence-corrected chi connectivity index (χ4v) is 6.22. The van der Waals surface area contributed by atoms with Crippen molar-refractivity contribution < 1.29 is 17.7 Å². The summed E-state index contributed by atoms with van der Waals surface area (Å²) in [5, 5.41) is 0. The Labute approximate surface area is 200 Å². The highest BCUT2D eigenvalue weighted by molar-refractivity contribution is 7.88. The van der Waals surface area contributed by atoms with Crippen molar-refractivity contribution in [2.45, 2.75) is 26.1 Å². The second-order valence-electron chi connectivity index (χ2n) is 8.31. The molecule has 0 spiro atoms. The Bertz CT molecular complexity index is 1050. The zero-order valence-corrected chi connectivity index (χ0v) is 20.6. The molecule has 1 aromatic carbocycles. The highest BCUT2D eigenvalue weighted by Crippen LogP contribution is 2.43. The molecule has 0 amide bonds. The van der Waals surface area contributed by atoms with E-state index in [0.717, 1.165) is 66.9 Å². The topological polar surface area (TPSA) is 32.8 Å². The average Bonchev–Trinajstić information content (AvgIpc) is 3.19. The molecule has 2 aromatic rings.